The summed E-state index contributed by atoms with van der Waals surface area (Å²) in [5.74, 6) is -4.74. The number of aliphatic hydroxyl groups excluding tert-OH is 1. The second kappa shape index (κ2) is 15.8. The normalized spacial score (nSPS) is 23.5. The minimum Gasteiger partial charge on any atom is -0.476 e. The number of nitrogens with two attached hydrogens (primary N) is 1. The predicted molar refractivity (Wildman–Crippen MR) is 158 cm³/mol. The van der Waals surface area contributed by atoms with Gasteiger partial charge in [-0.15, -0.1) is 0 Å². The zero-order valence-corrected chi connectivity index (χ0v) is 28.0. The number of imidazole rings is 1. The third kappa shape index (κ3) is 9.33. The molecule has 3 N–H and O–H groups in total. The molecule has 2 aromatic heterocycles. The summed E-state index contributed by atoms with van der Waals surface area (Å²) in [4.78, 5) is 36.0. The molecule has 1 aliphatic rings. The Kier molecular flexibility index (Phi) is 12.3. The molecular formula is C25H39F2N5O12P2. The smallest absolute Gasteiger partial charge is 0.476 e. The quantitative estimate of drug-likeness (QED) is 0.131. The molecule has 17 nitrogen and oxygen atoms in total. The van der Waals surface area contributed by atoms with E-state index in [4.69, 9.17) is 49.2 Å². The van der Waals surface area contributed by atoms with E-state index in [1.807, 2.05) is 0 Å². The van der Waals surface area contributed by atoms with Gasteiger partial charge in [0.15, 0.2) is 23.1 Å². The molecule has 1 aliphatic heterocycles. The molecule has 4 atom stereocenters. The minimum absolute atomic E-state index is 0.0000144. The summed E-state index contributed by atoms with van der Waals surface area (Å²) in [5.41, 5.74) is 3.46. The van der Waals surface area contributed by atoms with Crippen molar-refractivity contribution in [3.05, 3.63) is 6.33 Å². The van der Waals surface area contributed by atoms with Crippen LogP contribution in [0.2, 0.25) is 0 Å². The fourth-order valence-electron chi connectivity index (χ4n) is 4.40. The molecule has 0 saturated carbocycles. The molecule has 0 aliphatic carbocycles. The lowest BCUT2D eigenvalue weighted by Gasteiger charge is -2.31. The van der Waals surface area contributed by atoms with Crippen LogP contribution in [0.25, 0.3) is 11.2 Å². The molecule has 21 heteroatoms. The lowest BCUT2D eigenvalue weighted by molar-refractivity contribution is -0.193. The number of anilines is 1. The van der Waals surface area contributed by atoms with Gasteiger partial charge in [0.05, 0.1) is 31.1 Å². The van der Waals surface area contributed by atoms with E-state index in [-0.39, 0.29) is 42.6 Å². The van der Waals surface area contributed by atoms with E-state index < -0.39 is 75.6 Å². The number of rotatable bonds is 17. The van der Waals surface area contributed by atoms with Gasteiger partial charge in [0.1, 0.15) is 6.61 Å². The van der Waals surface area contributed by atoms with Crippen LogP contribution in [-0.2, 0) is 37.3 Å². The van der Waals surface area contributed by atoms with E-state index in [2.05, 4.69) is 28.6 Å². The molecule has 0 aromatic carbocycles. The van der Waals surface area contributed by atoms with Crippen LogP contribution in [0.15, 0.2) is 6.33 Å². The average Bonchev–Trinajstić information content (AvgIpc) is 3.45. The molecule has 0 radical (unpaired) electrons. The van der Waals surface area contributed by atoms with E-state index in [1.165, 1.54) is 6.33 Å². The number of carbonyl (C=O) groups is 2. The van der Waals surface area contributed by atoms with Crippen molar-refractivity contribution in [3.63, 3.8) is 0 Å². The SMILES string of the molecule is [3H]OCC[C@H]1[C@@](C)(F)[C@H](n2cnc3c(OCC)nc(N)nc32)O[C@]1(F)COP(=P)(OCOC(=O)OC(C)C)OCOC(=O)OC(C)C. The van der Waals surface area contributed by atoms with Gasteiger partial charge in [0.2, 0.25) is 32.7 Å². The molecule has 1 fully saturated rings. The first-order valence-electron chi connectivity index (χ1n) is 14.5. The summed E-state index contributed by atoms with van der Waals surface area (Å²) in [7, 11) is -0.768. The summed E-state index contributed by atoms with van der Waals surface area (Å²) in [6, 6.07) is 0. The standard InChI is InChI=1S/C25H39F2N5O12P2/c1-7-36-19-17-18(30-21(28)31-19)32(11-29-17)20-24(6,26)16(8-9-33)25(27,44-20)10-39-46(45,40-12-37-22(34)42-14(2)3)41-13-38-23(35)43-15(4)5/h11,14-16,20,33,45H,7-10,12-13H2,1-6H3,(H2,28,30,31)/t16-,20+,24+,25+/m0/s1/i33T. The van der Waals surface area contributed by atoms with Gasteiger partial charge in [0, 0.05) is 6.61 Å². The first-order valence-corrected chi connectivity index (χ1v) is 16.9. The second-order valence-electron chi connectivity index (χ2n) is 10.5. The number of hydrogen-bond donors (Lipinski definition) is 2. The summed E-state index contributed by atoms with van der Waals surface area (Å²) >= 11 is 0. The van der Waals surface area contributed by atoms with Crippen LogP contribution < -0.4 is 10.5 Å². The second-order valence-corrected chi connectivity index (χ2v) is 13.9. The Morgan fingerprint density at radius 2 is 1.76 bits per heavy atom. The van der Waals surface area contributed by atoms with Crippen LogP contribution in [0.3, 0.4) is 0 Å². The van der Waals surface area contributed by atoms with Gasteiger partial charge in [-0.1, -0.05) is 0 Å². The molecule has 0 bridgehead atoms. The Bertz CT molecular complexity index is 1390. The fraction of sp³-hybridized carbons (Fsp3) is 0.720. The Morgan fingerprint density at radius 3 is 2.30 bits per heavy atom. The number of carbonyl (C=O) groups excluding carboxylic acids is 2. The number of nitrogen functional groups attached to an aromatic ring is 1. The topological polar surface area (TPSA) is 207 Å². The Labute approximate surface area is 267 Å². The highest BCUT2D eigenvalue weighted by atomic mass is 31.8. The van der Waals surface area contributed by atoms with Crippen molar-refractivity contribution in [3.8, 4) is 5.88 Å². The molecule has 3 rings (SSSR count). The van der Waals surface area contributed by atoms with E-state index in [9.17, 15) is 9.59 Å². The average molecular weight is 704 g/mol. The fourth-order valence-corrected chi connectivity index (χ4v) is 5.86. The Morgan fingerprint density at radius 1 is 1.15 bits per heavy atom. The van der Waals surface area contributed by atoms with Gasteiger partial charge >= 0.3 is 12.3 Å². The highest BCUT2D eigenvalue weighted by Gasteiger charge is 2.64. The van der Waals surface area contributed by atoms with E-state index in [0.717, 1.165) is 11.5 Å². The third-order valence-corrected chi connectivity index (χ3v) is 8.75. The molecule has 1 saturated heterocycles. The first-order chi connectivity index (χ1) is 22.0. The van der Waals surface area contributed by atoms with Gasteiger partial charge in [-0.2, -0.15) is 9.97 Å². The zero-order chi connectivity index (χ0) is 35.0. The number of ether oxygens (including phenoxy) is 6. The molecule has 0 amide bonds. The van der Waals surface area contributed by atoms with Crippen LogP contribution in [0.4, 0.5) is 24.3 Å². The predicted octanol–water partition coefficient (Wildman–Crippen LogP) is 4.64. The molecule has 0 spiro atoms. The summed E-state index contributed by atoms with van der Waals surface area (Å²) in [6.07, 6.45) is -4.06. The summed E-state index contributed by atoms with van der Waals surface area (Å²) in [6.45, 7) is 6.32. The highest BCUT2D eigenvalue weighted by molar-refractivity contribution is 7.89. The Hall–Kier alpha value is -2.92. The van der Waals surface area contributed by atoms with Crippen molar-refractivity contribution < 1.29 is 65.5 Å². The van der Waals surface area contributed by atoms with Crippen LogP contribution in [0.5, 0.6) is 5.88 Å². The monoisotopic (exact) mass is 703 g/mol. The highest BCUT2D eigenvalue weighted by Crippen LogP contribution is 2.59. The number of alkyl halides is 2. The van der Waals surface area contributed by atoms with Crippen molar-refractivity contribution in [1.82, 2.24) is 19.5 Å². The van der Waals surface area contributed by atoms with E-state index in [0.29, 0.717) is 0 Å². The maximum Gasteiger partial charge on any atom is 0.510 e. The maximum atomic E-state index is 16.9. The van der Waals surface area contributed by atoms with Gasteiger partial charge in [-0.3, -0.25) is 13.6 Å². The molecule has 2 aromatic rings. The number of aliphatic hydroxyl groups is 1. The molecule has 46 heavy (non-hydrogen) atoms. The van der Waals surface area contributed by atoms with Gasteiger partial charge in [-0.05, 0) is 56.5 Å². The van der Waals surface area contributed by atoms with Crippen molar-refractivity contribution in [2.45, 2.75) is 77.9 Å². The molecule has 0 unspecified atom stereocenters. The van der Waals surface area contributed by atoms with Gasteiger partial charge in [-0.25, -0.2) is 23.4 Å². The van der Waals surface area contributed by atoms with Crippen molar-refractivity contribution >= 4 is 45.2 Å². The molecule has 3 heterocycles. The third-order valence-electron chi connectivity index (χ3n) is 6.23. The largest absolute Gasteiger partial charge is 0.510 e. The zero-order valence-electron chi connectivity index (χ0n) is 27.1. The molecule has 260 valence electrons. The van der Waals surface area contributed by atoms with Crippen molar-refractivity contribution in [2.24, 2.45) is 5.92 Å². The number of hydrogen-bond acceptors (Lipinski definition) is 16. The number of fused-ring (bicyclic) bond motifs is 1. The van der Waals surface area contributed by atoms with Gasteiger partial charge in [0.25, 0.3) is 7.23 Å². The summed E-state index contributed by atoms with van der Waals surface area (Å²) < 4.78 is 88.9. The van der Waals surface area contributed by atoms with Crippen LogP contribution in [-0.4, -0.2) is 95.5 Å². The van der Waals surface area contributed by atoms with E-state index >= 15 is 8.78 Å². The van der Waals surface area contributed by atoms with Gasteiger partial charge < -0.3 is 43.8 Å². The molecular weight excluding hydrogens is 662 g/mol. The first kappa shape index (κ1) is 35.9. The van der Waals surface area contributed by atoms with Crippen LogP contribution >= 0.6 is 15.8 Å². The lowest BCUT2D eigenvalue weighted by atomic mass is 9.84. The van der Waals surface area contributed by atoms with Crippen LogP contribution in [0, 0.1) is 5.92 Å². The number of nitrogens with zero attached hydrogens (tertiary/aromatic N) is 4. The Balaban J connectivity index is 1.88. The van der Waals surface area contributed by atoms with Crippen molar-refractivity contribution in [2.75, 3.05) is 39.1 Å². The number of aromatic nitrogens is 4. The van der Waals surface area contributed by atoms with Crippen LogP contribution in [0.1, 0.15) is 54.2 Å². The number of halogens is 2. The van der Waals surface area contributed by atoms with E-state index in [1.54, 1.807) is 34.6 Å². The maximum absolute atomic E-state index is 16.9. The lowest BCUT2D eigenvalue weighted by Crippen LogP contribution is -2.42. The summed E-state index contributed by atoms with van der Waals surface area (Å²) in [5, 5.41) is 4.37. The van der Waals surface area contributed by atoms with Crippen molar-refractivity contribution in [1.29, 1.82) is 1.43 Å². The minimum atomic E-state index is -3.92.